The van der Waals surface area contributed by atoms with Crippen LogP contribution in [0.2, 0.25) is 0 Å². The van der Waals surface area contributed by atoms with Crippen molar-refractivity contribution in [2.45, 2.75) is 33.0 Å². The first-order valence-corrected chi connectivity index (χ1v) is 8.49. The van der Waals surface area contributed by atoms with Gasteiger partial charge in [-0.1, -0.05) is 35.8 Å². The highest BCUT2D eigenvalue weighted by atomic mass is 79.9. The highest BCUT2D eigenvalue weighted by Gasteiger charge is 2.09. The van der Waals surface area contributed by atoms with Crippen molar-refractivity contribution < 1.29 is 0 Å². The Hall–Kier alpha value is -0.840. The highest BCUT2D eigenvalue weighted by Crippen LogP contribution is 2.26. The Balaban J connectivity index is 2.16. The van der Waals surface area contributed by atoms with Crippen LogP contribution < -0.4 is 10.2 Å². The quantitative estimate of drug-likeness (QED) is 0.814. The summed E-state index contributed by atoms with van der Waals surface area (Å²) in [6.07, 6.45) is 0. The summed E-state index contributed by atoms with van der Waals surface area (Å²) in [5.74, 6) is 0. The minimum absolute atomic E-state index is 0.490. The largest absolute Gasteiger partial charge is 0.369 e. The van der Waals surface area contributed by atoms with Gasteiger partial charge in [-0.2, -0.15) is 0 Å². The van der Waals surface area contributed by atoms with Crippen LogP contribution in [0.5, 0.6) is 0 Å². The topological polar surface area (TPSA) is 15.3 Å². The number of hydrogen-bond acceptors (Lipinski definition) is 3. The first-order valence-electron chi connectivity index (χ1n) is 6.81. The third-order valence-electron chi connectivity index (χ3n) is 3.13. The van der Waals surface area contributed by atoms with Gasteiger partial charge in [-0.05, 0) is 35.2 Å². The maximum atomic E-state index is 3.57. The van der Waals surface area contributed by atoms with Crippen LogP contribution in [0.4, 0.5) is 5.69 Å². The van der Waals surface area contributed by atoms with E-state index >= 15 is 0 Å². The predicted molar refractivity (Wildman–Crippen MR) is 92.5 cm³/mol. The van der Waals surface area contributed by atoms with Crippen molar-refractivity contribution in [3.05, 3.63) is 50.6 Å². The molecule has 0 radical (unpaired) electrons. The molecule has 1 aromatic heterocycles. The van der Waals surface area contributed by atoms with E-state index in [2.05, 4.69) is 82.8 Å². The zero-order valence-electron chi connectivity index (χ0n) is 12.2. The first kappa shape index (κ1) is 15.5. The second-order valence-corrected chi connectivity index (χ2v) is 7.19. The molecule has 1 N–H and O–H groups in total. The molecule has 2 rings (SSSR count). The molecule has 0 saturated heterocycles. The molecule has 20 heavy (non-hydrogen) atoms. The molecule has 2 nitrogen and oxygen atoms in total. The zero-order valence-corrected chi connectivity index (χ0v) is 14.6. The van der Waals surface area contributed by atoms with Crippen LogP contribution >= 0.6 is 27.3 Å². The Kier molecular flexibility index (Phi) is 5.64. The number of halogens is 1. The maximum absolute atomic E-state index is 3.57. The van der Waals surface area contributed by atoms with E-state index in [4.69, 9.17) is 0 Å². The summed E-state index contributed by atoms with van der Waals surface area (Å²) in [4.78, 5) is 3.70. The molecule has 0 saturated carbocycles. The van der Waals surface area contributed by atoms with Crippen LogP contribution in [0.25, 0.3) is 0 Å². The average molecular weight is 353 g/mol. The van der Waals surface area contributed by atoms with E-state index in [1.54, 1.807) is 11.3 Å². The van der Waals surface area contributed by atoms with Crippen LogP contribution in [0.1, 0.15) is 24.3 Å². The molecule has 0 amide bonds. The summed E-state index contributed by atoms with van der Waals surface area (Å²) < 4.78 is 1.13. The number of rotatable bonds is 6. The van der Waals surface area contributed by atoms with Crippen molar-refractivity contribution in [2.75, 3.05) is 11.9 Å². The van der Waals surface area contributed by atoms with Crippen molar-refractivity contribution in [3.8, 4) is 0 Å². The van der Waals surface area contributed by atoms with E-state index < -0.39 is 0 Å². The number of anilines is 1. The molecule has 0 spiro atoms. The number of nitrogens with zero attached hydrogens (tertiary/aromatic N) is 1. The van der Waals surface area contributed by atoms with Gasteiger partial charge in [0.1, 0.15) is 0 Å². The molecule has 2 aromatic rings. The Labute approximate surface area is 133 Å². The van der Waals surface area contributed by atoms with Crippen molar-refractivity contribution >= 4 is 33.0 Å². The van der Waals surface area contributed by atoms with Gasteiger partial charge >= 0.3 is 0 Å². The Bertz CT molecular complexity index is 537. The smallest absolute Gasteiger partial charge is 0.0519 e. The van der Waals surface area contributed by atoms with Crippen LogP contribution in [-0.4, -0.2) is 13.1 Å². The molecule has 0 aliphatic heterocycles. The minimum Gasteiger partial charge on any atom is -0.369 e. The van der Waals surface area contributed by atoms with E-state index in [1.165, 1.54) is 16.1 Å². The zero-order chi connectivity index (χ0) is 14.5. The van der Waals surface area contributed by atoms with Gasteiger partial charge in [0.15, 0.2) is 0 Å². The fourth-order valence-electron chi connectivity index (χ4n) is 2.10. The first-order chi connectivity index (χ1) is 9.56. The van der Waals surface area contributed by atoms with Crippen molar-refractivity contribution in [3.63, 3.8) is 0 Å². The van der Waals surface area contributed by atoms with Gasteiger partial charge < -0.3 is 10.2 Å². The van der Waals surface area contributed by atoms with Gasteiger partial charge in [-0.15, -0.1) is 11.3 Å². The molecule has 0 atom stereocenters. The van der Waals surface area contributed by atoms with E-state index in [9.17, 15) is 0 Å². The SMILES string of the molecule is CC(C)NCc1cc(Br)ccc1N(C)Cc1cccs1. The van der Waals surface area contributed by atoms with Crippen LogP contribution in [0.3, 0.4) is 0 Å². The van der Waals surface area contributed by atoms with Gasteiger partial charge in [0.25, 0.3) is 0 Å². The predicted octanol–water partition coefficient (Wildman–Crippen LogP) is 4.65. The number of nitrogens with one attached hydrogen (secondary N) is 1. The lowest BCUT2D eigenvalue weighted by Crippen LogP contribution is -2.24. The highest BCUT2D eigenvalue weighted by molar-refractivity contribution is 9.10. The van der Waals surface area contributed by atoms with E-state index in [1.807, 2.05) is 0 Å². The molecule has 1 heterocycles. The molecule has 1 aromatic carbocycles. The van der Waals surface area contributed by atoms with Crippen molar-refractivity contribution in [1.29, 1.82) is 0 Å². The Morgan fingerprint density at radius 1 is 1.30 bits per heavy atom. The number of hydrogen-bond donors (Lipinski definition) is 1. The lowest BCUT2D eigenvalue weighted by atomic mass is 10.1. The standard InChI is InChI=1S/C16H21BrN2S/c1-12(2)18-10-13-9-14(17)6-7-16(13)19(3)11-15-5-4-8-20-15/h4-9,12,18H,10-11H2,1-3H3. The fraction of sp³-hybridized carbons (Fsp3) is 0.375. The number of benzene rings is 1. The minimum atomic E-state index is 0.490. The Morgan fingerprint density at radius 3 is 2.75 bits per heavy atom. The molecule has 0 aliphatic carbocycles. The fourth-order valence-corrected chi connectivity index (χ4v) is 3.27. The van der Waals surface area contributed by atoms with E-state index in [0.29, 0.717) is 6.04 Å². The molecular weight excluding hydrogens is 332 g/mol. The van der Waals surface area contributed by atoms with E-state index in [0.717, 1.165) is 17.6 Å². The molecule has 0 bridgehead atoms. The lowest BCUT2D eigenvalue weighted by Gasteiger charge is -2.23. The van der Waals surface area contributed by atoms with Gasteiger partial charge in [-0.25, -0.2) is 0 Å². The van der Waals surface area contributed by atoms with Gasteiger partial charge in [0.05, 0.1) is 6.54 Å². The summed E-state index contributed by atoms with van der Waals surface area (Å²) in [5, 5.41) is 5.63. The van der Waals surface area contributed by atoms with Crippen LogP contribution in [0, 0.1) is 0 Å². The molecule has 4 heteroatoms. The summed E-state index contributed by atoms with van der Waals surface area (Å²) in [6.45, 7) is 6.19. The monoisotopic (exact) mass is 352 g/mol. The van der Waals surface area contributed by atoms with Crippen molar-refractivity contribution in [2.24, 2.45) is 0 Å². The van der Waals surface area contributed by atoms with Crippen LogP contribution in [-0.2, 0) is 13.1 Å². The molecule has 0 fully saturated rings. The summed E-state index contributed by atoms with van der Waals surface area (Å²) in [5.41, 5.74) is 2.61. The summed E-state index contributed by atoms with van der Waals surface area (Å²) in [7, 11) is 2.15. The third kappa shape index (κ3) is 4.33. The van der Waals surface area contributed by atoms with E-state index in [-0.39, 0.29) is 0 Å². The average Bonchev–Trinajstić information content (AvgIpc) is 2.89. The van der Waals surface area contributed by atoms with Gasteiger partial charge in [-0.3, -0.25) is 0 Å². The van der Waals surface area contributed by atoms with Crippen LogP contribution in [0.15, 0.2) is 40.2 Å². The second kappa shape index (κ2) is 7.25. The molecule has 0 aliphatic rings. The van der Waals surface area contributed by atoms with Gasteiger partial charge in [0, 0.05) is 34.7 Å². The maximum Gasteiger partial charge on any atom is 0.0519 e. The lowest BCUT2D eigenvalue weighted by molar-refractivity contribution is 0.588. The van der Waals surface area contributed by atoms with Crippen molar-refractivity contribution in [1.82, 2.24) is 5.32 Å². The summed E-state index contributed by atoms with van der Waals surface area (Å²) in [6, 6.07) is 11.3. The third-order valence-corrected chi connectivity index (χ3v) is 4.48. The summed E-state index contributed by atoms with van der Waals surface area (Å²) >= 11 is 5.38. The molecular formula is C16H21BrN2S. The number of thiophene rings is 1. The second-order valence-electron chi connectivity index (χ2n) is 5.24. The normalized spacial score (nSPS) is 11.1. The van der Waals surface area contributed by atoms with Gasteiger partial charge in [0.2, 0.25) is 0 Å². The molecule has 108 valence electrons. The Morgan fingerprint density at radius 2 is 2.10 bits per heavy atom. The molecule has 0 unspecified atom stereocenters.